The second kappa shape index (κ2) is 12.7. The maximum Gasteiger partial charge on any atom is 0.182 e. The predicted octanol–water partition coefficient (Wildman–Crippen LogP) is 11.9. The second-order valence-electron chi connectivity index (χ2n) is 14.1. The number of aromatic nitrogens is 5. The Morgan fingerprint density at radius 1 is 0.418 bits per heavy atom. The summed E-state index contributed by atoms with van der Waals surface area (Å²) in [4.78, 5) is 20.4. The van der Waals surface area contributed by atoms with Crippen molar-refractivity contribution in [3.05, 3.63) is 204 Å². The molecule has 0 amide bonds. The molecule has 0 spiro atoms. The van der Waals surface area contributed by atoms with Crippen molar-refractivity contribution in [1.82, 2.24) is 24.5 Å². The summed E-state index contributed by atoms with van der Waals surface area (Å²) in [6.07, 6.45) is 8.48. The third kappa shape index (κ3) is 5.08. The smallest absolute Gasteiger partial charge is 0.182 e. The molecule has 0 saturated heterocycles. The number of nitrogens with zero attached hydrogens (tertiary/aromatic N) is 5. The van der Waals surface area contributed by atoms with Crippen LogP contribution in [0.15, 0.2) is 176 Å². The summed E-state index contributed by atoms with van der Waals surface area (Å²) in [6.45, 7) is 0. The molecule has 0 bridgehead atoms. The molecule has 9 aromatic rings. The third-order valence-corrected chi connectivity index (χ3v) is 10.8. The van der Waals surface area contributed by atoms with Gasteiger partial charge in [0.1, 0.15) is 11.5 Å². The number of pyridine rings is 1. The van der Waals surface area contributed by atoms with Crippen molar-refractivity contribution < 1.29 is 0 Å². The highest BCUT2D eigenvalue weighted by atomic mass is 15.1. The minimum Gasteiger partial charge on any atom is -0.294 e. The van der Waals surface area contributed by atoms with E-state index in [0.717, 1.165) is 40.8 Å². The molecule has 0 fully saturated rings. The zero-order valence-corrected chi connectivity index (χ0v) is 29.9. The molecule has 0 aliphatic heterocycles. The van der Waals surface area contributed by atoms with Crippen LogP contribution in [-0.4, -0.2) is 24.5 Å². The van der Waals surface area contributed by atoms with Crippen LogP contribution in [0.3, 0.4) is 0 Å². The zero-order chi connectivity index (χ0) is 36.3. The van der Waals surface area contributed by atoms with E-state index in [0.29, 0.717) is 23.2 Å². The Morgan fingerprint density at radius 3 is 1.75 bits per heavy atom. The summed E-state index contributed by atoms with van der Waals surface area (Å²) < 4.78 is 2.32. The molecular formula is C50H33N5. The fourth-order valence-corrected chi connectivity index (χ4v) is 8.46. The predicted molar refractivity (Wildman–Crippen MR) is 225 cm³/mol. The normalized spacial score (nSPS) is 13.6. The van der Waals surface area contributed by atoms with E-state index in [1.165, 1.54) is 54.9 Å². The van der Waals surface area contributed by atoms with Crippen molar-refractivity contribution in [3.63, 3.8) is 0 Å². The lowest BCUT2D eigenvalue weighted by Crippen LogP contribution is -2.05. The molecule has 2 aliphatic carbocycles. The summed E-state index contributed by atoms with van der Waals surface area (Å²) in [5.74, 6) is 2.64. The third-order valence-electron chi connectivity index (χ3n) is 10.8. The van der Waals surface area contributed by atoms with Gasteiger partial charge in [-0.1, -0.05) is 152 Å². The maximum absolute atomic E-state index is 5.36. The van der Waals surface area contributed by atoms with E-state index in [2.05, 4.69) is 144 Å². The second-order valence-corrected chi connectivity index (χ2v) is 14.1. The minimum absolute atomic E-state index is 0.544. The van der Waals surface area contributed by atoms with E-state index in [-0.39, 0.29) is 0 Å². The average Bonchev–Trinajstić information content (AvgIpc) is 3.54. The molecule has 3 heterocycles. The van der Waals surface area contributed by atoms with Gasteiger partial charge < -0.3 is 0 Å². The van der Waals surface area contributed by atoms with Gasteiger partial charge >= 0.3 is 0 Å². The standard InChI is InChI=1S/C50H33N5/c1-5-16-32(17-6-1)43-37-25-13-24-34-30-31-41-47(45(34)37)46-38(44(43)33-18-7-2-8-19-33)26-14-28-40(46)55(41)42-29-15-27-39(51-42)50-53-48(35-20-9-3-10-21-35)52-49(54-50)36-22-11-4-12-23-36/h1-3,5-11,13-31H,4,12H2. The summed E-state index contributed by atoms with van der Waals surface area (Å²) in [6, 6.07) is 55.9. The van der Waals surface area contributed by atoms with Crippen LogP contribution in [0.5, 0.6) is 0 Å². The molecule has 5 heteroatoms. The molecule has 3 aromatic heterocycles. The minimum atomic E-state index is 0.544. The molecule has 55 heavy (non-hydrogen) atoms. The first-order chi connectivity index (χ1) is 27.3. The average molecular weight is 704 g/mol. The Bertz CT molecular complexity index is 3060. The van der Waals surface area contributed by atoms with E-state index in [1.54, 1.807) is 0 Å². The molecule has 0 N–H and O–H groups in total. The number of hydrogen-bond donors (Lipinski definition) is 0. The highest BCUT2D eigenvalue weighted by Gasteiger charge is 2.28. The summed E-state index contributed by atoms with van der Waals surface area (Å²) in [5.41, 5.74) is 12.1. The Kier molecular flexibility index (Phi) is 7.24. The van der Waals surface area contributed by atoms with E-state index < -0.39 is 0 Å². The van der Waals surface area contributed by atoms with Crippen molar-refractivity contribution in [2.75, 3.05) is 0 Å². The fourth-order valence-electron chi connectivity index (χ4n) is 8.46. The molecule has 0 saturated carbocycles. The molecular weight excluding hydrogens is 671 g/mol. The van der Waals surface area contributed by atoms with Crippen LogP contribution >= 0.6 is 0 Å². The van der Waals surface area contributed by atoms with Gasteiger partial charge in [0.2, 0.25) is 0 Å². The maximum atomic E-state index is 5.36. The van der Waals surface area contributed by atoms with Gasteiger partial charge in [-0.3, -0.25) is 4.57 Å². The van der Waals surface area contributed by atoms with Gasteiger partial charge in [0.15, 0.2) is 17.5 Å². The van der Waals surface area contributed by atoms with Gasteiger partial charge in [0.25, 0.3) is 0 Å². The quantitative estimate of drug-likeness (QED) is 0.173. The number of rotatable bonds is 6. The molecule has 0 unspecified atom stereocenters. The summed E-state index contributed by atoms with van der Waals surface area (Å²) >= 11 is 0. The van der Waals surface area contributed by atoms with Crippen LogP contribution in [0, 0.1) is 0 Å². The lowest BCUT2D eigenvalue weighted by molar-refractivity contribution is 0.994. The van der Waals surface area contributed by atoms with Crippen LogP contribution in [0.25, 0.3) is 78.0 Å². The van der Waals surface area contributed by atoms with Gasteiger partial charge in [-0.15, -0.1) is 0 Å². The number of hydrogen-bond acceptors (Lipinski definition) is 4. The van der Waals surface area contributed by atoms with Crippen LogP contribution in [0.1, 0.15) is 40.9 Å². The monoisotopic (exact) mass is 703 g/mol. The first kappa shape index (κ1) is 31.3. The van der Waals surface area contributed by atoms with Crippen LogP contribution < -0.4 is 0 Å². The summed E-state index contributed by atoms with van der Waals surface area (Å²) in [7, 11) is 0. The largest absolute Gasteiger partial charge is 0.294 e. The van der Waals surface area contributed by atoms with Crippen LogP contribution in [0.4, 0.5) is 0 Å². The van der Waals surface area contributed by atoms with E-state index in [4.69, 9.17) is 19.9 Å². The topological polar surface area (TPSA) is 56.5 Å². The highest BCUT2D eigenvalue weighted by molar-refractivity contribution is 6.31. The first-order valence-corrected chi connectivity index (χ1v) is 18.8. The molecule has 0 atom stereocenters. The number of allylic oxidation sites excluding steroid dienone is 4. The van der Waals surface area contributed by atoms with Gasteiger partial charge in [-0.05, 0) is 81.3 Å². The Balaban J connectivity index is 1.19. The highest BCUT2D eigenvalue weighted by Crippen LogP contribution is 2.49. The zero-order valence-electron chi connectivity index (χ0n) is 29.9. The van der Waals surface area contributed by atoms with Gasteiger partial charge in [-0.25, -0.2) is 19.9 Å². The van der Waals surface area contributed by atoms with Gasteiger partial charge in [0.05, 0.1) is 11.0 Å². The SMILES string of the molecule is C1=CC(c2nc(-c3ccccc3)nc(-c3cccc(-n4c5cccc6c5c5c7c(cccc7ccc54)C(c4ccccc4)=C6c4ccccc4)n3)n2)=CCC1. The van der Waals surface area contributed by atoms with Crippen molar-refractivity contribution in [1.29, 1.82) is 0 Å². The Morgan fingerprint density at radius 2 is 1.04 bits per heavy atom. The molecule has 11 rings (SSSR count). The van der Waals surface area contributed by atoms with E-state index >= 15 is 0 Å². The Labute approximate surface area is 318 Å². The van der Waals surface area contributed by atoms with Crippen molar-refractivity contribution >= 4 is 49.3 Å². The lowest BCUT2D eigenvalue weighted by atomic mass is 9.85. The molecule has 6 aromatic carbocycles. The van der Waals surface area contributed by atoms with Crippen LogP contribution in [0.2, 0.25) is 0 Å². The van der Waals surface area contributed by atoms with Crippen molar-refractivity contribution in [2.45, 2.75) is 12.8 Å². The molecule has 0 radical (unpaired) electrons. The molecule has 2 aliphatic rings. The Hall–Kier alpha value is -7.24. The van der Waals surface area contributed by atoms with Crippen LogP contribution in [-0.2, 0) is 0 Å². The number of benzene rings is 6. The van der Waals surface area contributed by atoms with E-state index in [1.807, 2.05) is 36.4 Å². The first-order valence-electron chi connectivity index (χ1n) is 18.8. The van der Waals surface area contributed by atoms with Crippen molar-refractivity contribution in [2.24, 2.45) is 0 Å². The molecule has 258 valence electrons. The lowest BCUT2D eigenvalue weighted by Gasteiger charge is -2.19. The van der Waals surface area contributed by atoms with E-state index in [9.17, 15) is 0 Å². The van der Waals surface area contributed by atoms with Crippen molar-refractivity contribution in [3.8, 4) is 28.7 Å². The fraction of sp³-hybridized carbons (Fsp3) is 0.0400. The van der Waals surface area contributed by atoms with Gasteiger partial charge in [-0.2, -0.15) is 0 Å². The molecule has 5 nitrogen and oxygen atoms in total. The van der Waals surface area contributed by atoms with Gasteiger partial charge in [0, 0.05) is 21.9 Å². The summed E-state index contributed by atoms with van der Waals surface area (Å²) in [5, 5.41) is 4.91.